The average Bonchev–Trinajstić information content (AvgIpc) is 3.37. The molecule has 0 bridgehead atoms. The first-order valence-electron chi connectivity index (χ1n) is 10.2. The Balaban J connectivity index is 1.29. The van der Waals surface area contributed by atoms with Crippen molar-refractivity contribution in [3.63, 3.8) is 0 Å². The number of carbonyl (C=O) groups excluding carboxylic acids is 3. The van der Waals surface area contributed by atoms with Gasteiger partial charge in [0.15, 0.2) is 5.78 Å². The zero-order valence-corrected chi connectivity index (χ0v) is 16.1. The van der Waals surface area contributed by atoms with Crippen LogP contribution in [0.4, 0.5) is 0 Å². The van der Waals surface area contributed by atoms with Gasteiger partial charge in [0, 0.05) is 24.9 Å². The van der Waals surface area contributed by atoms with Gasteiger partial charge < -0.3 is 14.4 Å². The van der Waals surface area contributed by atoms with E-state index < -0.39 is 5.60 Å². The van der Waals surface area contributed by atoms with Gasteiger partial charge in [-0.2, -0.15) is 0 Å². The Bertz CT molecular complexity index is 843. The number of piperidine rings is 1. The number of benzene rings is 1. The van der Waals surface area contributed by atoms with Crippen LogP contribution in [-0.4, -0.2) is 48.4 Å². The number of ether oxygens (including phenoxy) is 2. The molecule has 3 fully saturated rings. The number of likely N-dealkylation sites (tertiary alicyclic amines) is 1. The smallest absolute Gasteiger partial charge is 0.308 e. The van der Waals surface area contributed by atoms with E-state index >= 15 is 0 Å². The van der Waals surface area contributed by atoms with Crippen LogP contribution in [0, 0.1) is 23.7 Å². The summed E-state index contributed by atoms with van der Waals surface area (Å²) in [5.41, 5.74) is 0.144. The van der Waals surface area contributed by atoms with Gasteiger partial charge in [-0.05, 0) is 43.7 Å². The number of rotatable bonds is 2. The second-order valence-corrected chi connectivity index (χ2v) is 8.64. The standard InChI is InChI=1S/C22H25NO5/c1-27-21(26)13-7-10-23(11-8-13)20(25)18-15-6-9-22(19(15)18)12-16(24)14-4-2-3-5-17(14)28-22/h2-5,13,15,18-19H,6-12H2,1H3/t15-,18+,19-,22+/m0/s1. The molecule has 2 aliphatic heterocycles. The lowest BCUT2D eigenvalue weighted by molar-refractivity contribution is -0.149. The maximum Gasteiger partial charge on any atom is 0.308 e. The summed E-state index contributed by atoms with van der Waals surface area (Å²) in [6, 6.07) is 7.42. The van der Waals surface area contributed by atoms with Crippen LogP contribution in [-0.2, 0) is 14.3 Å². The highest BCUT2D eigenvalue weighted by Crippen LogP contribution is 2.66. The lowest BCUT2D eigenvalue weighted by Crippen LogP contribution is -2.46. The third-order valence-corrected chi connectivity index (χ3v) is 7.26. The van der Waals surface area contributed by atoms with Crippen molar-refractivity contribution in [3.05, 3.63) is 29.8 Å². The molecule has 0 radical (unpaired) electrons. The predicted molar refractivity (Wildman–Crippen MR) is 99.8 cm³/mol. The number of hydrogen-bond donors (Lipinski definition) is 0. The van der Waals surface area contributed by atoms with Crippen LogP contribution in [0.15, 0.2) is 24.3 Å². The SMILES string of the molecule is COC(=O)C1CCN(C(=O)[C@@H]2[C@@H]3CC[C@@]4(CC(=O)c5ccccc5O4)[C@@H]32)CC1. The number of hydrogen-bond acceptors (Lipinski definition) is 5. The number of methoxy groups -OCH3 is 1. The highest BCUT2D eigenvalue weighted by molar-refractivity contribution is 6.00. The predicted octanol–water partition coefficient (Wildman–Crippen LogP) is 2.46. The highest BCUT2D eigenvalue weighted by atomic mass is 16.5. The molecule has 1 spiro atoms. The molecular formula is C22H25NO5. The van der Waals surface area contributed by atoms with E-state index in [2.05, 4.69) is 0 Å². The zero-order valence-electron chi connectivity index (χ0n) is 16.1. The average molecular weight is 383 g/mol. The fourth-order valence-electron chi connectivity index (χ4n) is 5.81. The Hall–Kier alpha value is -2.37. The molecule has 1 aromatic rings. The number of fused-ring (bicyclic) bond motifs is 3. The Morgan fingerprint density at radius 3 is 2.68 bits per heavy atom. The monoisotopic (exact) mass is 383 g/mol. The van der Waals surface area contributed by atoms with Gasteiger partial charge in [-0.15, -0.1) is 0 Å². The van der Waals surface area contributed by atoms with Crippen LogP contribution in [0.25, 0.3) is 0 Å². The maximum absolute atomic E-state index is 13.1. The first kappa shape index (κ1) is 17.7. The molecule has 4 aliphatic rings. The Kier molecular flexibility index (Phi) is 4.00. The summed E-state index contributed by atoms with van der Waals surface area (Å²) in [6.07, 6.45) is 3.48. The van der Waals surface area contributed by atoms with Gasteiger partial charge in [-0.25, -0.2) is 0 Å². The van der Waals surface area contributed by atoms with Crippen molar-refractivity contribution in [3.8, 4) is 5.75 Å². The number of carbonyl (C=O) groups is 3. The van der Waals surface area contributed by atoms with Crippen molar-refractivity contribution in [2.24, 2.45) is 23.7 Å². The Morgan fingerprint density at radius 2 is 1.93 bits per heavy atom. The number of ketones is 1. The van der Waals surface area contributed by atoms with Gasteiger partial charge in [-0.1, -0.05) is 12.1 Å². The first-order chi connectivity index (χ1) is 13.5. The molecule has 5 rings (SSSR count). The van der Waals surface area contributed by atoms with Crippen molar-refractivity contribution in [1.29, 1.82) is 0 Å². The van der Waals surface area contributed by atoms with E-state index in [1.807, 2.05) is 29.2 Å². The van der Waals surface area contributed by atoms with Crippen molar-refractivity contribution in [1.82, 2.24) is 4.90 Å². The van der Waals surface area contributed by atoms with Crippen LogP contribution >= 0.6 is 0 Å². The van der Waals surface area contributed by atoms with E-state index in [-0.39, 0.29) is 35.4 Å². The van der Waals surface area contributed by atoms with E-state index in [1.54, 1.807) is 0 Å². The zero-order chi connectivity index (χ0) is 19.5. The minimum absolute atomic E-state index is 0.0403. The van der Waals surface area contributed by atoms with Gasteiger partial charge in [0.05, 0.1) is 25.0 Å². The molecule has 1 amide bonds. The van der Waals surface area contributed by atoms with Crippen LogP contribution in [0.2, 0.25) is 0 Å². The molecule has 2 heterocycles. The molecule has 4 atom stereocenters. The summed E-state index contributed by atoms with van der Waals surface area (Å²) >= 11 is 0. The quantitative estimate of drug-likeness (QED) is 0.734. The fourth-order valence-corrected chi connectivity index (χ4v) is 5.81. The van der Waals surface area contributed by atoms with E-state index in [4.69, 9.17) is 9.47 Å². The molecular weight excluding hydrogens is 358 g/mol. The molecule has 0 unspecified atom stereocenters. The van der Waals surface area contributed by atoms with Crippen molar-refractivity contribution in [2.75, 3.05) is 20.2 Å². The first-order valence-corrected chi connectivity index (χ1v) is 10.2. The number of nitrogens with zero attached hydrogens (tertiary/aromatic N) is 1. The lowest BCUT2D eigenvalue weighted by Gasteiger charge is -2.38. The maximum atomic E-state index is 13.1. The second kappa shape index (κ2) is 6.33. The van der Waals surface area contributed by atoms with Crippen molar-refractivity contribution >= 4 is 17.7 Å². The Labute approximate surface area is 164 Å². The number of esters is 1. The van der Waals surface area contributed by atoms with Crippen molar-refractivity contribution < 1.29 is 23.9 Å². The molecule has 1 saturated heterocycles. The molecule has 6 nitrogen and oxygen atoms in total. The highest BCUT2D eigenvalue weighted by Gasteiger charge is 2.71. The summed E-state index contributed by atoms with van der Waals surface area (Å²) < 4.78 is 11.2. The molecule has 0 aromatic heterocycles. The number of Topliss-reactive ketones (excluding diaryl/α,β-unsaturated/α-hetero) is 1. The number of amides is 1. The van der Waals surface area contributed by atoms with Gasteiger partial charge in [0.1, 0.15) is 11.4 Å². The van der Waals surface area contributed by atoms with Crippen molar-refractivity contribution in [2.45, 2.75) is 37.7 Å². The van der Waals surface area contributed by atoms with Gasteiger partial charge in [0.25, 0.3) is 0 Å². The van der Waals surface area contributed by atoms with Crippen LogP contribution in [0.1, 0.15) is 42.5 Å². The fraction of sp³-hybridized carbons (Fsp3) is 0.591. The molecule has 28 heavy (non-hydrogen) atoms. The summed E-state index contributed by atoms with van der Waals surface area (Å²) in [5.74, 6) is 1.10. The largest absolute Gasteiger partial charge is 0.486 e. The molecule has 2 saturated carbocycles. The van der Waals surface area contributed by atoms with Gasteiger partial charge in [-0.3, -0.25) is 14.4 Å². The van der Waals surface area contributed by atoms with E-state index in [0.29, 0.717) is 49.6 Å². The third-order valence-electron chi connectivity index (χ3n) is 7.26. The third kappa shape index (κ3) is 2.57. The summed E-state index contributed by atoms with van der Waals surface area (Å²) in [7, 11) is 1.41. The summed E-state index contributed by atoms with van der Waals surface area (Å²) in [5, 5.41) is 0. The molecule has 6 heteroatoms. The second-order valence-electron chi connectivity index (χ2n) is 8.64. The summed E-state index contributed by atoms with van der Waals surface area (Å²) in [4.78, 5) is 39.4. The van der Waals surface area contributed by atoms with E-state index in [1.165, 1.54) is 7.11 Å². The number of para-hydroxylation sites is 1. The van der Waals surface area contributed by atoms with Gasteiger partial charge >= 0.3 is 5.97 Å². The Morgan fingerprint density at radius 1 is 1.18 bits per heavy atom. The molecule has 1 aromatic carbocycles. The minimum Gasteiger partial charge on any atom is -0.486 e. The van der Waals surface area contributed by atoms with Crippen LogP contribution in [0.5, 0.6) is 5.75 Å². The topological polar surface area (TPSA) is 72.9 Å². The van der Waals surface area contributed by atoms with Gasteiger partial charge in [0.2, 0.25) is 5.91 Å². The normalized spacial score (nSPS) is 33.8. The molecule has 148 valence electrons. The van der Waals surface area contributed by atoms with Crippen LogP contribution < -0.4 is 4.74 Å². The van der Waals surface area contributed by atoms with E-state index in [0.717, 1.165) is 12.8 Å². The van der Waals surface area contributed by atoms with Crippen LogP contribution in [0.3, 0.4) is 0 Å². The molecule has 0 N–H and O–H groups in total. The lowest BCUT2D eigenvalue weighted by atomic mass is 9.84. The minimum atomic E-state index is -0.513. The van der Waals surface area contributed by atoms with E-state index in [9.17, 15) is 14.4 Å². The molecule has 2 aliphatic carbocycles. The summed E-state index contributed by atoms with van der Waals surface area (Å²) in [6.45, 7) is 1.20.